The fourth-order valence-corrected chi connectivity index (χ4v) is 2.04. The topological polar surface area (TPSA) is 20.3 Å². The van der Waals surface area contributed by atoms with Gasteiger partial charge in [0.1, 0.15) is 11.9 Å². The number of alkyl halides is 4. The van der Waals surface area contributed by atoms with Gasteiger partial charge in [0.25, 0.3) is 0 Å². The molecule has 2 nitrogen and oxygen atoms in total. The van der Waals surface area contributed by atoms with Gasteiger partial charge in [-0.25, -0.2) is 0 Å². The molecule has 6 heteroatoms. The molecule has 112 valence electrons. The maximum atomic E-state index is 12.5. The molecule has 1 unspecified atom stereocenters. The Hall–Kier alpha value is -1.23. The Labute approximate surface area is 121 Å². The van der Waals surface area contributed by atoms with Crippen LogP contribution in [0.2, 0.25) is 0 Å². The van der Waals surface area contributed by atoms with Gasteiger partial charge in [-0.15, -0.1) is 11.6 Å². The minimum Gasteiger partial charge on any atom is -0.332 e. The molecule has 1 aromatic rings. The highest BCUT2D eigenvalue weighted by atomic mass is 35.5. The van der Waals surface area contributed by atoms with Crippen LogP contribution in [0.5, 0.6) is 0 Å². The molecule has 0 heterocycles. The van der Waals surface area contributed by atoms with Crippen molar-refractivity contribution in [3.05, 3.63) is 35.9 Å². The highest BCUT2D eigenvalue weighted by Gasteiger charge is 2.34. The molecule has 0 radical (unpaired) electrons. The first-order valence-corrected chi connectivity index (χ1v) is 6.83. The predicted molar refractivity (Wildman–Crippen MR) is 72.6 cm³/mol. The van der Waals surface area contributed by atoms with E-state index in [-0.39, 0.29) is 6.54 Å². The number of rotatable bonds is 6. The van der Waals surface area contributed by atoms with E-state index in [1.165, 1.54) is 0 Å². The molecular formula is C14H17ClF3NO. The van der Waals surface area contributed by atoms with Crippen molar-refractivity contribution in [1.82, 2.24) is 4.90 Å². The third kappa shape index (κ3) is 5.41. The number of carbonyl (C=O) groups is 1. The van der Waals surface area contributed by atoms with Gasteiger partial charge in [-0.3, -0.25) is 4.79 Å². The summed E-state index contributed by atoms with van der Waals surface area (Å²) in [5, 5.41) is -1.09. The largest absolute Gasteiger partial charge is 0.406 e. The molecule has 0 N–H and O–H groups in total. The van der Waals surface area contributed by atoms with E-state index in [2.05, 4.69) is 0 Å². The summed E-state index contributed by atoms with van der Waals surface area (Å²) in [5.41, 5.74) is 0.503. The summed E-state index contributed by atoms with van der Waals surface area (Å²) in [5.74, 6) is -0.705. The van der Waals surface area contributed by atoms with Crippen LogP contribution in [-0.4, -0.2) is 30.1 Å². The van der Waals surface area contributed by atoms with Crippen molar-refractivity contribution in [3.63, 3.8) is 0 Å². The smallest absolute Gasteiger partial charge is 0.332 e. The molecule has 0 saturated carbocycles. The number of carbonyl (C=O) groups excluding carboxylic acids is 1. The minimum absolute atomic E-state index is 0.0604. The Morgan fingerprint density at radius 2 is 1.90 bits per heavy atom. The Bertz CT molecular complexity index is 422. The summed E-state index contributed by atoms with van der Waals surface area (Å²) in [4.78, 5) is 12.9. The summed E-state index contributed by atoms with van der Waals surface area (Å²) in [6.45, 7) is 0.651. The van der Waals surface area contributed by atoms with E-state index in [0.717, 1.165) is 4.90 Å². The quantitative estimate of drug-likeness (QED) is 0.723. The second kappa shape index (κ2) is 7.53. The van der Waals surface area contributed by atoms with Crippen molar-refractivity contribution in [3.8, 4) is 0 Å². The van der Waals surface area contributed by atoms with Crippen LogP contribution in [0.25, 0.3) is 0 Å². The lowest BCUT2D eigenvalue weighted by atomic mass is 10.1. The van der Waals surface area contributed by atoms with Gasteiger partial charge < -0.3 is 4.90 Å². The molecule has 0 aliphatic rings. The average Bonchev–Trinajstić information content (AvgIpc) is 2.41. The third-order valence-electron chi connectivity index (χ3n) is 2.77. The zero-order chi connectivity index (χ0) is 15.2. The first-order chi connectivity index (χ1) is 9.35. The van der Waals surface area contributed by atoms with E-state index >= 15 is 0 Å². The molecule has 0 spiro atoms. The summed E-state index contributed by atoms with van der Waals surface area (Å²) in [7, 11) is 0. The first-order valence-electron chi connectivity index (χ1n) is 6.39. The van der Waals surface area contributed by atoms with E-state index in [4.69, 9.17) is 11.6 Å². The van der Waals surface area contributed by atoms with Crippen LogP contribution in [0.15, 0.2) is 30.3 Å². The number of hydrogen-bond acceptors (Lipinski definition) is 1. The molecule has 1 rings (SSSR count). The van der Waals surface area contributed by atoms with Crippen molar-refractivity contribution < 1.29 is 18.0 Å². The molecule has 0 fully saturated rings. The predicted octanol–water partition coefficient (Wildman–Crippen LogP) is 4.16. The molecule has 0 saturated heterocycles. The van der Waals surface area contributed by atoms with Crippen LogP contribution < -0.4 is 0 Å². The van der Waals surface area contributed by atoms with Crippen LogP contribution in [0.4, 0.5) is 13.2 Å². The molecular weight excluding hydrogens is 291 g/mol. The molecule has 20 heavy (non-hydrogen) atoms. The lowest BCUT2D eigenvalue weighted by Gasteiger charge is -2.26. The summed E-state index contributed by atoms with van der Waals surface area (Å²) >= 11 is 6.00. The van der Waals surface area contributed by atoms with Gasteiger partial charge in [0.2, 0.25) is 5.91 Å². The van der Waals surface area contributed by atoms with Gasteiger partial charge in [-0.2, -0.15) is 13.2 Å². The summed E-state index contributed by atoms with van der Waals surface area (Å²) < 4.78 is 37.6. The van der Waals surface area contributed by atoms with Gasteiger partial charge in [0.15, 0.2) is 0 Å². The Morgan fingerprint density at radius 3 is 2.40 bits per heavy atom. The summed E-state index contributed by atoms with van der Waals surface area (Å²) in [6, 6.07) is 8.39. The molecule has 0 aliphatic carbocycles. The molecule has 0 bridgehead atoms. The van der Waals surface area contributed by atoms with E-state index < -0.39 is 24.0 Å². The van der Waals surface area contributed by atoms with E-state index in [1.807, 2.05) is 6.92 Å². The number of benzene rings is 1. The van der Waals surface area contributed by atoms with E-state index in [1.54, 1.807) is 30.3 Å². The van der Waals surface area contributed by atoms with Crippen LogP contribution in [0.3, 0.4) is 0 Å². The number of unbranched alkanes of at least 4 members (excludes halogenated alkanes) is 1. The van der Waals surface area contributed by atoms with Gasteiger partial charge in [-0.05, 0) is 12.0 Å². The van der Waals surface area contributed by atoms with Crippen LogP contribution >= 0.6 is 11.6 Å². The lowest BCUT2D eigenvalue weighted by molar-refractivity contribution is -0.161. The Balaban J connectivity index is 2.81. The van der Waals surface area contributed by atoms with Crippen LogP contribution in [0.1, 0.15) is 30.7 Å². The second-order valence-corrected chi connectivity index (χ2v) is 4.94. The van der Waals surface area contributed by atoms with Crippen molar-refractivity contribution in [2.45, 2.75) is 31.3 Å². The van der Waals surface area contributed by atoms with Crippen molar-refractivity contribution >= 4 is 17.5 Å². The number of hydrogen-bond donors (Lipinski definition) is 0. The minimum atomic E-state index is -4.42. The maximum Gasteiger partial charge on any atom is 0.406 e. The fraction of sp³-hybridized carbons (Fsp3) is 0.500. The zero-order valence-electron chi connectivity index (χ0n) is 11.2. The van der Waals surface area contributed by atoms with Crippen LogP contribution in [0, 0.1) is 0 Å². The van der Waals surface area contributed by atoms with Gasteiger partial charge in [0.05, 0.1) is 0 Å². The van der Waals surface area contributed by atoms with Crippen molar-refractivity contribution in [2.75, 3.05) is 13.1 Å². The van der Waals surface area contributed by atoms with Gasteiger partial charge in [-0.1, -0.05) is 43.7 Å². The highest BCUT2D eigenvalue weighted by molar-refractivity contribution is 6.30. The fourth-order valence-electron chi connectivity index (χ4n) is 1.76. The standard InChI is InChI=1S/C14H17ClF3NO/c1-2-3-9-19(10-14(16,17)18)13(20)12(15)11-7-5-4-6-8-11/h4-8,12H,2-3,9-10H2,1H3. The Kier molecular flexibility index (Phi) is 6.33. The molecule has 0 aliphatic heterocycles. The van der Waals surface area contributed by atoms with E-state index in [0.29, 0.717) is 18.4 Å². The summed E-state index contributed by atoms with van der Waals surface area (Å²) in [6.07, 6.45) is -3.20. The zero-order valence-corrected chi connectivity index (χ0v) is 11.9. The highest BCUT2D eigenvalue weighted by Crippen LogP contribution is 2.25. The third-order valence-corrected chi connectivity index (χ3v) is 3.21. The number of halogens is 4. The Morgan fingerprint density at radius 1 is 1.30 bits per heavy atom. The average molecular weight is 308 g/mol. The number of nitrogens with zero attached hydrogens (tertiary/aromatic N) is 1. The molecule has 1 atom stereocenters. The van der Waals surface area contributed by atoms with Gasteiger partial charge in [0, 0.05) is 6.54 Å². The SMILES string of the molecule is CCCCN(CC(F)(F)F)C(=O)C(Cl)c1ccccc1. The maximum absolute atomic E-state index is 12.5. The molecule has 0 aromatic heterocycles. The van der Waals surface area contributed by atoms with Crippen molar-refractivity contribution in [2.24, 2.45) is 0 Å². The molecule has 1 amide bonds. The van der Waals surface area contributed by atoms with Crippen molar-refractivity contribution in [1.29, 1.82) is 0 Å². The normalized spacial score (nSPS) is 13.1. The monoisotopic (exact) mass is 307 g/mol. The lowest BCUT2D eigenvalue weighted by Crippen LogP contribution is -2.41. The van der Waals surface area contributed by atoms with Crippen LogP contribution in [-0.2, 0) is 4.79 Å². The first kappa shape index (κ1) is 16.8. The number of amides is 1. The second-order valence-electron chi connectivity index (χ2n) is 4.50. The van der Waals surface area contributed by atoms with Gasteiger partial charge >= 0.3 is 6.18 Å². The molecule has 1 aromatic carbocycles. The van der Waals surface area contributed by atoms with E-state index in [9.17, 15) is 18.0 Å².